The summed E-state index contributed by atoms with van der Waals surface area (Å²) in [7, 11) is 0. The number of hydrogen-bond donors (Lipinski definition) is 2. The molecule has 3 aromatic rings. The highest BCUT2D eigenvalue weighted by Crippen LogP contribution is 2.33. The number of aromatic nitrogens is 2. The summed E-state index contributed by atoms with van der Waals surface area (Å²) in [5.74, 6) is 0.0603. The zero-order valence-corrected chi connectivity index (χ0v) is 18.9. The van der Waals surface area contributed by atoms with Crippen molar-refractivity contribution in [1.29, 1.82) is 0 Å². The fourth-order valence-corrected chi connectivity index (χ4v) is 5.17. The molecule has 4 rings (SSSR count). The van der Waals surface area contributed by atoms with Crippen molar-refractivity contribution in [2.45, 2.75) is 37.1 Å². The second-order valence-corrected chi connectivity index (χ2v) is 9.38. The van der Waals surface area contributed by atoms with Crippen LogP contribution in [-0.4, -0.2) is 33.8 Å². The van der Waals surface area contributed by atoms with Crippen LogP contribution >= 0.6 is 23.1 Å². The number of amides is 2. The lowest BCUT2D eigenvalue weighted by atomic mass is 10.1. The fourth-order valence-electron chi connectivity index (χ4n) is 3.55. The average Bonchev–Trinajstić information content (AvgIpc) is 3.16. The van der Waals surface area contributed by atoms with E-state index in [1.54, 1.807) is 4.90 Å². The Balaban J connectivity index is 1.44. The molecular formula is C22H23N5O2S2. The first-order valence-corrected chi connectivity index (χ1v) is 11.9. The molecule has 0 aliphatic carbocycles. The summed E-state index contributed by atoms with van der Waals surface area (Å²) in [6.45, 7) is 4.00. The van der Waals surface area contributed by atoms with Gasteiger partial charge in [0.2, 0.25) is 16.9 Å². The summed E-state index contributed by atoms with van der Waals surface area (Å²) in [6, 6.07) is 15.3. The number of carbonyl (C=O) groups excluding carboxylic acids is 2. The van der Waals surface area contributed by atoms with Crippen molar-refractivity contribution in [3.63, 3.8) is 0 Å². The number of fused-ring (bicyclic) bond motifs is 1. The van der Waals surface area contributed by atoms with Gasteiger partial charge in [0.05, 0.1) is 17.1 Å². The van der Waals surface area contributed by atoms with E-state index in [0.29, 0.717) is 10.8 Å². The Morgan fingerprint density at radius 3 is 2.84 bits per heavy atom. The van der Waals surface area contributed by atoms with Gasteiger partial charge < -0.3 is 15.5 Å². The monoisotopic (exact) mass is 453 g/mol. The van der Waals surface area contributed by atoms with E-state index >= 15 is 0 Å². The number of benzene rings is 2. The van der Waals surface area contributed by atoms with Gasteiger partial charge >= 0.3 is 0 Å². The maximum absolute atomic E-state index is 13.1. The number of aryl methyl sites for hydroxylation is 1. The third-order valence-electron chi connectivity index (χ3n) is 4.99. The average molecular weight is 454 g/mol. The van der Waals surface area contributed by atoms with Gasteiger partial charge in [-0.2, -0.15) is 0 Å². The summed E-state index contributed by atoms with van der Waals surface area (Å²) < 4.78 is 0.717. The predicted octanol–water partition coefficient (Wildman–Crippen LogP) is 4.70. The summed E-state index contributed by atoms with van der Waals surface area (Å²) in [6.07, 6.45) is 1.18. The van der Waals surface area contributed by atoms with Gasteiger partial charge in [-0.05, 0) is 37.1 Å². The summed E-state index contributed by atoms with van der Waals surface area (Å²) in [5, 5.41) is 15.3. The third kappa shape index (κ3) is 4.88. The quantitative estimate of drug-likeness (QED) is 0.526. The Bertz CT molecular complexity index is 1100. The van der Waals surface area contributed by atoms with E-state index in [4.69, 9.17) is 0 Å². The van der Waals surface area contributed by atoms with Crippen LogP contribution < -0.4 is 15.5 Å². The highest BCUT2D eigenvalue weighted by Gasteiger charge is 2.29. The van der Waals surface area contributed by atoms with Crippen molar-refractivity contribution in [2.24, 2.45) is 0 Å². The molecule has 1 atom stereocenters. The van der Waals surface area contributed by atoms with E-state index < -0.39 is 0 Å². The van der Waals surface area contributed by atoms with Crippen molar-refractivity contribution >= 4 is 57.1 Å². The van der Waals surface area contributed by atoms with Gasteiger partial charge in [-0.3, -0.25) is 9.59 Å². The number of hydrogen-bond acceptors (Lipinski definition) is 7. The lowest BCUT2D eigenvalue weighted by Gasteiger charge is -2.27. The molecule has 2 aromatic carbocycles. The molecule has 0 spiro atoms. The summed E-state index contributed by atoms with van der Waals surface area (Å²) in [4.78, 5) is 26.9. The number of nitrogens with one attached hydrogen (secondary N) is 2. The maximum atomic E-state index is 13.1. The fraction of sp³-hybridized carbons (Fsp3) is 0.273. The van der Waals surface area contributed by atoms with Crippen LogP contribution in [-0.2, 0) is 16.0 Å². The SMILES string of the molecule is CCc1ccccc1Nc1nnc(SCC(=O)N2c3ccccc3NC(=O)CC2C)s1. The maximum Gasteiger partial charge on any atom is 0.237 e. The summed E-state index contributed by atoms with van der Waals surface area (Å²) >= 11 is 2.78. The topological polar surface area (TPSA) is 87.2 Å². The van der Waals surface area contributed by atoms with Crippen LogP contribution in [0.15, 0.2) is 52.9 Å². The van der Waals surface area contributed by atoms with E-state index in [1.165, 1.54) is 28.7 Å². The standard InChI is InChI=1S/C22H23N5O2S2/c1-3-15-8-4-5-9-16(15)24-21-25-26-22(31-21)30-13-20(29)27-14(2)12-19(28)23-17-10-6-7-11-18(17)27/h4-11,14H,3,12-13H2,1-2H3,(H,23,28)(H,24,25). The van der Waals surface area contributed by atoms with Crippen LogP contribution in [0, 0.1) is 0 Å². The minimum Gasteiger partial charge on any atom is -0.330 e. The van der Waals surface area contributed by atoms with Crippen molar-refractivity contribution in [1.82, 2.24) is 10.2 Å². The van der Waals surface area contributed by atoms with Crippen molar-refractivity contribution in [3.05, 3.63) is 54.1 Å². The molecule has 1 aromatic heterocycles. The largest absolute Gasteiger partial charge is 0.330 e. The van der Waals surface area contributed by atoms with Crippen LogP contribution in [0.1, 0.15) is 25.8 Å². The smallest absolute Gasteiger partial charge is 0.237 e. The van der Waals surface area contributed by atoms with Gasteiger partial charge in [-0.15, -0.1) is 10.2 Å². The highest BCUT2D eigenvalue weighted by molar-refractivity contribution is 8.01. The molecule has 2 N–H and O–H groups in total. The van der Waals surface area contributed by atoms with Gasteiger partial charge in [0.1, 0.15) is 0 Å². The van der Waals surface area contributed by atoms with Crippen LogP contribution in [0.5, 0.6) is 0 Å². The van der Waals surface area contributed by atoms with Crippen molar-refractivity contribution in [3.8, 4) is 0 Å². The molecule has 1 aliphatic heterocycles. The van der Waals surface area contributed by atoms with E-state index in [1.807, 2.05) is 49.4 Å². The van der Waals surface area contributed by atoms with Crippen molar-refractivity contribution < 1.29 is 9.59 Å². The first kappa shape index (κ1) is 21.3. The van der Waals surface area contributed by atoms with Gasteiger partial charge in [0, 0.05) is 18.2 Å². The molecule has 0 bridgehead atoms. The van der Waals surface area contributed by atoms with E-state index in [-0.39, 0.29) is 30.0 Å². The molecule has 1 unspecified atom stereocenters. The first-order valence-electron chi connectivity index (χ1n) is 10.1. The lowest BCUT2D eigenvalue weighted by molar-refractivity contribution is -0.117. The third-order valence-corrected chi connectivity index (χ3v) is 6.95. The summed E-state index contributed by atoms with van der Waals surface area (Å²) in [5.41, 5.74) is 3.61. The number of anilines is 4. The van der Waals surface area contributed by atoms with E-state index in [0.717, 1.165) is 22.1 Å². The first-order chi connectivity index (χ1) is 15.0. The molecule has 2 amide bonds. The van der Waals surface area contributed by atoms with Gasteiger partial charge in [0.25, 0.3) is 0 Å². The molecule has 7 nitrogen and oxygen atoms in total. The minimum absolute atomic E-state index is 0.0671. The number of thioether (sulfide) groups is 1. The molecule has 1 aliphatic rings. The van der Waals surface area contributed by atoms with Crippen LogP contribution in [0.25, 0.3) is 0 Å². The molecule has 2 heterocycles. The minimum atomic E-state index is -0.228. The molecule has 160 valence electrons. The Labute approximate surface area is 189 Å². The second-order valence-electron chi connectivity index (χ2n) is 7.18. The molecular weight excluding hydrogens is 430 g/mol. The Kier molecular flexibility index (Phi) is 6.53. The van der Waals surface area contributed by atoms with Gasteiger partial charge in [0.15, 0.2) is 4.34 Å². The Morgan fingerprint density at radius 2 is 2.00 bits per heavy atom. The van der Waals surface area contributed by atoms with E-state index in [9.17, 15) is 9.59 Å². The zero-order valence-electron chi connectivity index (χ0n) is 17.3. The van der Waals surface area contributed by atoms with Crippen LogP contribution in [0.3, 0.4) is 0 Å². The molecule has 31 heavy (non-hydrogen) atoms. The predicted molar refractivity (Wildman–Crippen MR) is 126 cm³/mol. The van der Waals surface area contributed by atoms with Gasteiger partial charge in [-0.1, -0.05) is 60.4 Å². The van der Waals surface area contributed by atoms with E-state index in [2.05, 4.69) is 33.8 Å². The van der Waals surface area contributed by atoms with Gasteiger partial charge in [-0.25, -0.2) is 0 Å². The number of nitrogens with zero attached hydrogens (tertiary/aromatic N) is 3. The lowest BCUT2D eigenvalue weighted by Crippen LogP contribution is -2.40. The number of para-hydroxylation sites is 3. The van der Waals surface area contributed by atoms with Crippen LogP contribution in [0.4, 0.5) is 22.2 Å². The number of carbonyl (C=O) groups is 2. The zero-order chi connectivity index (χ0) is 21.8. The van der Waals surface area contributed by atoms with Crippen molar-refractivity contribution in [2.75, 3.05) is 21.3 Å². The Hall–Kier alpha value is -2.91. The molecule has 0 fully saturated rings. The number of rotatable bonds is 6. The molecule has 0 saturated heterocycles. The molecule has 9 heteroatoms. The molecule has 0 radical (unpaired) electrons. The Morgan fingerprint density at radius 1 is 1.23 bits per heavy atom. The normalized spacial score (nSPS) is 15.7. The highest BCUT2D eigenvalue weighted by atomic mass is 32.2. The van der Waals surface area contributed by atoms with Crippen LogP contribution in [0.2, 0.25) is 0 Å². The second kappa shape index (κ2) is 9.49. The molecule has 0 saturated carbocycles.